The standard InChI is InChI=1S/C14H10N4O2/c19-13(20)11-9-18(14-15-7-4-8-16-14)17-12(11)10-5-2-1-3-6-10/h1-9H,(H,19,20). The quantitative estimate of drug-likeness (QED) is 0.784. The van der Waals surface area contributed by atoms with Crippen LogP contribution in [-0.2, 0) is 0 Å². The van der Waals surface area contributed by atoms with Crippen molar-refractivity contribution < 1.29 is 9.90 Å². The van der Waals surface area contributed by atoms with Crippen LogP contribution in [0.4, 0.5) is 0 Å². The molecule has 6 heteroatoms. The third-order valence-electron chi connectivity index (χ3n) is 2.75. The summed E-state index contributed by atoms with van der Waals surface area (Å²) in [6.45, 7) is 0. The maximum atomic E-state index is 11.3. The van der Waals surface area contributed by atoms with Crippen LogP contribution in [0.1, 0.15) is 10.4 Å². The van der Waals surface area contributed by atoms with Crippen LogP contribution < -0.4 is 0 Å². The maximum Gasteiger partial charge on any atom is 0.339 e. The number of rotatable bonds is 3. The van der Waals surface area contributed by atoms with Crippen LogP contribution >= 0.6 is 0 Å². The SMILES string of the molecule is O=C(O)c1cn(-c2ncccn2)nc1-c1ccccc1. The average molecular weight is 266 g/mol. The van der Waals surface area contributed by atoms with E-state index >= 15 is 0 Å². The Labute approximate surface area is 114 Å². The first-order valence-electron chi connectivity index (χ1n) is 5.91. The number of carboxylic acids is 1. The summed E-state index contributed by atoms with van der Waals surface area (Å²) in [5.74, 6) is -0.705. The van der Waals surface area contributed by atoms with Crippen molar-refractivity contribution in [2.24, 2.45) is 0 Å². The fourth-order valence-electron chi connectivity index (χ4n) is 1.85. The van der Waals surface area contributed by atoms with Gasteiger partial charge in [-0.2, -0.15) is 5.10 Å². The zero-order valence-electron chi connectivity index (χ0n) is 10.3. The van der Waals surface area contributed by atoms with Gasteiger partial charge in [-0.1, -0.05) is 30.3 Å². The first kappa shape index (κ1) is 12.0. The first-order chi connectivity index (χ1) is 9.75. The van der Waals surface area contributed by atoms with E-state index in [1.807, 2.05) is 30.3 Å². The van der Waals surface area contributed by atoms with Crippen LogP contribution in [0.3, 0.4) is 0 Å². The Morgan fingerprint density at radius 2 is 1.75 bits per heavy atom. The lowest BCUT2D eigenvalue weighted by Crippen LogP contribution is -2.00. The van der Waals surface area contributed by atoms with E-state index in [4.69, 9.17) is 0 Å². The summed E-state index contributed by atoms with van der Waals surface area (Å²) in [6, 6.07) is 10.8. The summed E-state index contributed by atoms with van der Waals surface area (Å²) >= 11 is 0. The number of aromatic carboxylic acids is 1. The van der Waals surface area contributed by atoms with E-state index in [-0.39, 0.29) is 5.56 Å². The van der Waals surface area contributed by atoms with Gasteiger partial charge < -0.3 is 5.11 Å². The molecule has 1 aromatic carbocycles. The van der Waals surface area contributed by atoms with Crippen molar-refractivity contribution in [1.29, 1.82) is 0 Å². The molecule has 20 heavy (non-hydrogen) atoms. The molecule has 0 bridgehead atoms. The molecule has 0 aliphatic carbocycles. The molecular weight excluding hydrogens is 256 g/mol. The summed E-state index contributed by atoms with van der Waals surface area (Å²) in [5.41, 5.74) is 1.24. The summed E-state index contributed by atoms with van der Waals surface area (Å²) in [7, 11) is 0. The highest BCUT2D eigenvalue weighted by Crippen LogP contribution is 2.22. The Morgan fingerprint density at radius 1 is 1.05 bits per heavy atom. The third-order valence-corrected chi connectivity index (χ3v) is 2.75. The minimum Gasteiger partial charge on any atom is -0.478 e. The summed E-state index contributed by atoms with van der Waals surface area (Å²) in [4.78, 5) is 19.5. The van der Waals surface area contributed by atoms with Crippen LogP contribution in [0.5, 0.6) is 0 Å². The largest absolute Gasteiger partial charge is 0.478 e. The minimum absolute atomic E-state index is 0.114. The Hall–Kier alpha value is -3.02. The van der Waals surface area contributed by atoms with Crippen molar-refractivity contribution in [3.63, 3.8) is 0 Å². The lowest BCUT2D eigenvalue weighted by molar-refractivity contribution is 0.0697. The highest BCUT2D eigenvalue weighted by molar-refractivity contribution is 5.94. The lowest BCUT2D eigenvalue weighted by atomic mass is 10.1. The first-order valence-corrected chi connectivity index (χ1v) is 5.91. The molecule has 0 aliphatic heterocycles. The number of aromatic nitrogens is 4. The fraction of sp³-hybridized carbons (Fsp3) is 0. The lowest BCUT2D eigenvalue weighted by Gasteiger charge is -1.98. The minimum atomic E-state index is -1.04. The van der Waals surface area contributed by atoms with E-state index in [1.165, 1.54) is 10.9 Å². The average Bonchev–Trinajstić information content (AvgIpc) is 2.94. The monoisotopic (exact) mass is 266 g/mol. The van der Waals surface area contributed by atoms with E-state index in [0.717, 1.165) is 5.56 Å². The van der Waals surface area contributed by atoms with Crippen LogP contribution in [-0.4, -0.2) is 30.8 Å². The molecule has 0 saturated carbocycles. The van der Waals surface area contributed by atoms with Crippen molar-refractivity contribution >= 4 is 5.97 Å². The zero-order chi connectivity index (χ0) is 13.9. The van der Waals surface area contributed by atoms with Crippen molar-refractivity contribution in [2.45, 2.75) is 0 Å². The molecule has 0 saturated heterocycles. The highest BCUT2D eigenvalue weighted by Gasteiger charge is 2.18. The van der Waals surface area contributed by atoms with E-state index in [0.29, 0.717) is 11.6 Å². The molecule has 0 amide bonds. The van der Waals surface area contributed by atoms with Crippen molar-refractivity contribution in [1.82, 2.24) is 19.7 Å². The van der Waals surface area contributed by atoms with E-state index < -0.39 is 5.97 Å². The molecule has 2 heterocycles. The number of carbonyl (C=O) groups is 1. The summed E-state index contributed by atoms with van der Waals surface area (Å²) < 4.78 is 1.37. The summed E-state index contributed by atoms with van der Waals surface area (Å²) in [6.07, 6.45) is 4.57. The number of benzene rings is 1. The number of nitrogens with zero attached hydrogens (tertiary/aromatic N) is 4. The van der Waals surface area contributed by atoms with Gasteiger partial charge in [-0.15, -0.1) is 0 Å². The van der Waals surface area contributed by atoms with Gasteiger partial charge in [-0.3, -0.25) is 0 Å². The Bertz CT molecular complexity index is 738. The normalized spacial score (nSPS) is 10.4. The van der Waals surface area contributed by atoms with Crippen LogP contribution in [0.25, 0.3) is 17.2 Å². The molecule has 6 nitrogen and oxygen atoms in total. The van der Waals surface area contributed by atoms with E-state index in [1.54, 1.807) is 18.5 Å². The molecule has 98 valence electrons. The van der Waals surface area contributed by atoms with Gasteiger partial charge in [0.15, 0.2) is 0 Å². The second kappa shape index (κ2) is 4.93. The van der Waals surface area contributed by atoms with Crippen molar-refractivity contribution in [2.75, 3.05) is 0 Å². The Kier molecular flexibility index (Phi) is 2.96. The number of hydrogen-bond acceptors (Lipinski definition) is 4. The molecule has 0 aliphatic rings. The van der Waals surface area contributed by atoms with Crippen molar-refractivity contribution in [3.8, 4) is 17.2 Å². The van der Waals surface area contributed by atoms with Gasteiger partial charge in [-0.25, -0.2) is 19.4 Å². The van der Waals surface area contributed by atoms with Gasteiger partial charge in [-0.05, 0) is 6.07 Å². The second-order valence-corrected chi connectivity index (χ2v) is 4.06. The molecule has 3 aromatic rings. The predicted molar refractivity (Wildman–Crippen MR) is 71.5 cm³/mol. The number of hydrogen-bond donors (Lipinski definition) is 1. The molecule has 0 fully saturated rings. The van der Waals surface area contributed by atoms with Gasteiger partial charge in [0, 0.05) is 24.2 Å². The third kappa shape index (κ3) is 2.14. The van der Waals surface area contributed by atoms with Crippen LogP contribution in [0.2, 0.25) is 0 Å². The van der Waals surface area contributed by atoms with Gasteiger partial charge >= 0.3 is 5.97 Å². The van der Waals surface area contributed by atoms with Gasteiger partial charge in [0.1, 0.15) is 11.3 Å². The highest BCUT2D eigenvalue weighted by atomic mass is 16.4. The molecule has 3 rings (SSSR count). The molecule has 0 atom stereocenters. The predicted octanol–water partition coefficient (Wildman–Crippen LogP) is 2.03. The zero-order valence-corrected chi connectivity index (χ0v) is 10.3. The Morgan fingerprint density at radius 3 is 2.40 bits per heavy atom. The molecule has 0 radical (unpaired) electrons. The van der Waals surface area contributed by atoms with Crippen LogP contribution in [0, 0.1) is 0 Å². The van der Waals surface area contributed by atoms with Crippen LogP contribution in [0.15, 0.2) is 55.0 Å². The molecule has 0 spiro atoms. The number of carboxylic acid groups (broad SMARTS) is 1. The molecule has 1 N–H and O–H groups in total. The van der Waals surface area contributed by atoms with Gasteiger partial charge in [0.25, 0.3) is 0 Å². The van der Waals surface area contributed by atoms with Gasteiger partial charge in [0.2, 0.25) is 5.95 Å². The smallest absolute Gasteiger partial charge is 0.339 e. The van der Waals surface area contributed by atoms with E-state index in [2.05, 4.69) is 15.1 Å². The molecular formula is C14H10N4O2. The van der Waals surface area contributed by atoms with Gasteiger partial charge in [0.05, 0.1) is 0 Å². The van der Waals surface area contributed by atoms with Crippen molar-refractivity contribution in [3.05, 3.63) is 60.6 Å². The topological polar surface area (TPSA) is 80.9 Å². The maximum absolute atomic E-state index is 11.3. The fourth-order valence-corrected chi connectivity index (χ4v) is 1.85. The van der Waals surface area contributed by atoms with E-state index in [9.17, 15) is 9.90 Å². The summed E-state index contributed by atoms with van der Waals surface area (Å²) in [5, 5.41) is 13.6. The molecule has 2 aromatic heterocycles. The molecule has 0 unspecified atom stereocenters. The Balaban J connectivity index is 2.15. The second-order valence-electron chi connectivity index (χ2n) is 4.06.